The molecule has 3 rings (SSSR count). The normalized spacial score (nSPS) is 18.1. The molecule has 146 valence electrons. The minimum atomic E-state index is -0.606. The lowest BCUT2D eigenvalue weighted by Gasteiger charge is -2.34. The Morgan fingerprint density at radius 2 is 1.70 bits per heavy atom. The van der Waals surface area contributed by atoms with Crippen molar-refractivity contribution in [3.05, 3.63) is 29.3 Å². The maximum Gasteiger partial charge on any atom is 0.321 e. The van der Waals surface area contributed by atoms with Crippen LogP contribution in [0.3, 0.4) is 0 Å². The van der Waals surface area contributed by atoms with Crippen LogP contribution in [0.5, 0.6) is 0 Å². The minimum absolute atomic E-state index is 0.111. The highest BCUT2D eigenvalue weighted by Crippen LogP contribution is 2.31. The van der Waals surface area contributed by atoms with E-state index in [9.17, 15) is 14.4 Å². The molecule has 2 aliphatic heterocycles. The van der Waals surface area contributed by atoms with Crippen molar-refractivity contribution in [2.24, 2.45) is 0 Å². The van der Waals surface area contributed by atoms with Crippen LogP contribution in [0.2, 0.25) is 0 Å². The number of amides is 4. The van der Waals surface area contributed by atoms with E-state index in [0.29, 0.717) is 49.5 Å². The van der Waals surface area contributed by atoms with E-state index in [0.717, 1.165) is 0 Å². The summed E-state index contributed by atoms with van der Waals surface area (Å²) in [5, 5.41) is 11.8. The summed E-state index contributed by atoms with van der Waals surface area (Å²) in [7, 11) is 0. The molecule has 0 unspecified atom stereocenters. The number of nitrogens with one attached hydrogen (secondary N) is 1. The topological polar surface area (TPSA) is 93.2 Å². The molecule has 1 aromatic rings. The van der Waals surface area contributed by atoms with E-state index < -0.39 is 5.54 Å². The van der Waals surface area contributed by atoms with Crippen molar-refractivity contribution in [2.75, 3.05) is 44.6 Å². The number of anilines is 1. The zero-order chi connectivity index (χ0) is 19.8. The highest BCUT2D eigenvalue weighted by Gasteiger charge is 2.41. The molecule has 0 atom stereocenters. The molecular formula is C19H26N4O4. The number of rotatable bonds is 3. The fourth-order valence-corrected chi connectivity index (χ4v) is 3.45. The molecule has 0 spiro atoms. The second-order valence-corrected chi connectivity index (χ2v) is 7.86. The summed E-state index contributed by atoms with van der Waals surface area (Å²) in [5.74, 6) is -0.642. The molecule has 8 heteroatoms. The van der Waals surface area contributed by atoms with Gasteiger partial charge in [0.1, 0.15) is 0 Å². The largest absolute Gasteiger partial charge is 0.395 e. The highest BCUT2D eigenvalue weighted by atomic mass is 16.3. The number of β-amino-alcohol motifs (C(OH)–C–C–N with tert-alkyl or cyclic N) is 1. The Kier molecular flexibility index (Phi) is 5.21. The number of hydrogen-bond acceptors (Lipinski definition) is 5. The first-order chi connectivity index (χ1) is 12.7. The van der Waals surface area contributed by atoms with Gasteiger partial charge in [-0.1, -0.05) is 0 Å². The second-order valence-electron chi connectivity index (χ2n) is 7.86. The molecule has 2 N–H and O–H groups in total. The van der Waals surface area contributed by atoms with E-state index in [-0.39, 0.29) is 24.5 Å². The van der Waals surface area contributed by atoms with Crippen molar-refractivity contribution in [3.63, 3.8) is 0 Å². The van der Waals surface area contributed by atoms with Crippen LogP contribution >= 0.6 is 0 Å². The molecule has 2 heterocycles. The average molecular weight is 374 g/mol. The molecule has 8 nitrogen and oxygen atoms in total. The zero-order valence-electron chi connectivity index (χ0n) is 16.0. The Hall–Kier alpha value is -2.45. The molecule has 1 saturated heterocycles. The molecular weight excluding hydrogens is 348 g/mol. The number of hydrogen-bond donors (Lipinski definition) is 2. The SMILES string of the molecule is CC(C)(C)N1C(=O)c2ccc(NC(=O)N3CCN(CCO)CC3)cc2C1=O. The van der Waals surface area contributed by atoms with Gasteiger partial charge in [-0.25, -0.2) is 4.79 Å². The van der Waals surface area contributed by atoms with Gasteiger partial charge in [0.15, 0.2) is 0 Å². The van der Waals surface area contributed by atoms with E-state index >= 15 is 0 Å². The maximum atomic E-state index is 12.6. The quantitative estimate of drug-likeness (QED) is 0.776. The number of carbonyl (C=O) groups excluding carboxylic acids is 3. The lowest BCUT2D eigenvalue weighted by Crippen LogP contribution is -2.50. The number of urea groups is 1. The first kappa shape index (κ1) is 19.3. The van der Waals surface area contributed by atoms with E-state index in [4.69, 9.17) is 5.11 Å². The summed E-state index contributed by atoms with van der Waals surface area (Å²) in [6.45, 7) is 8.74. The predicted molar refractivity (Wildman–Crippen MR) is 101 cm³/mol. The number of nitrogens with zero attached hydrogens (tertiary/aromatic N) is 3. The van der Waals surface area contributed by atoms with E-state index in [1.807, 2.05) is 20.8 Å². The number of fused-ring (bicyclic) bond motifs is 1. The molecule has 0 aromatic heterocycles. The van der Waals surface area contributed by atoms with Crippen molar-refractivity contribution in [2.45, 2.75) is 26.3 Å². The van der Waals surface area contributed by atoms with Crippen LogP contribution in [0.4, 0.5) is 10.5 Å². The summed E-state index contributed by atoms with van der Waals surface area (Å²) < 4.78 is 0. The van der Waals surface area contributed by atoms with Gasteiger partial charge in [-0.2, -0.15) is 0 Å². The zero-order valence-corrected chi connectivity index (χ0v) is 16.0. The van der Waals surface area contributed by atoms with Gasteiger partial charge in [0.2, 0.25) is 0 Å². The van der Waals surface area contributed by atoms with Gasteiger partial charge >= 0.3 is 6.03 Å². The third-order valence-corrected chi connectivity index (χ3v) is 4.88. The molecule has 2 aliphatic rings. The second kappa shape index (κ2) is 7.28. The number of aliphatic hydroxyl groups excluding tert-OH is 1. The standard InChI is InChI=1S/C19H26N4O4/c1-19(2,3)23-16(25)14-5-4-13(12-15(14)17(23)26)20-18(27)22-8-6-21(7-9-22)10-11-24/h4-5,12,24H,6-11H2,1-3H3,(H,20,27). The lowest BCUT2D eigenvalue weighted by atomic mass is 10.1. The fraction of sp³-hybridized carbons (Fsp3) is 0.526. The van der Waals surface area contributed by atoms with Crippen LogP contribution in [0.1, 0.15) is 41.5 Å². The van der Waals surface area contributed by atoms with Gasteiger partial charge in [-0.15, -0.1) is 0 Å². The van der Waals surface area contributed by atoms with Gasteiger partial charge < -0.3 is 15.3 Å². The Bertz CT molecular complexity index is 763. The average Bonchev–Trinajstić information content (AvgIpc) is 2.86. The Labute approximate surface area is 158 Å². The summed E-state index contributed by atoms with van der Waals surface area (Å²) in [5.41, 5.74) is 0.574. The van der Waals surface area contributed by atoms with Crippen LogP contribution in [0, 0.1) is 0 Å². The van der Waals surface area contributed by atoms with Gasteiger partial charge in [0, 0.05) is 44.0 Å². The molecule has 27 heavy (non-hydrogen) atoms. The first-order valence-corrected chi connectivity index (χ1v) is 9.14. The van der Waals surface area contributed by atoms with Crippen LogP contribution in [0.15, 0.2) is 18.2 Å². The molecule has 0 bridgehead atoms. The van der Waals surface area contributed by atoms with Crippen molar-refractivity contribution in [3.8, 4) is 0 Å². The van der Waals surface area contributed by atoms with Crippen LogP contribution < -0.4 is 5.32 Å². The third kappa shape index (κ3) is 3.81. The van der Waals surface area contributed by atoms with Gasteiger partial charge in [0.25, 0.3) is 11.8 Å². The van der Waals surface area contributed by atoms with Crippen LogP contribution in [-0.2, 0) is 0 Å². The van der Waals surface area contributed by atoms with Crippen molar-refractivity contribution < 1.29 is 19.5 Å². The predicted octanol–water partition coefficient (Wildman–Crippen LogP) is 1.22. The fourth-order valence-electron chi connectivity index (χ4n) is 3.45. The molecule has 1 aromatic carbocycles. The number of piperazine rings is 1. The van der Waals surface area contributed by atoms with E-state index in [2.05, 4.69) is 10.2 Å². The van der Waals surface area contributed by atoms with Crippen LogP contribution in [-0.4, -0.2) is 82.5 Å². The number of aliphatic hydroxyl groups is 1. The third-order valence-electron chi connectivity index (χ3n) is 4.88. The summed E-state index contributed by atoms with van der Waals surface area (Å²) in [4.78, 5) is 42.7. The monoisotopic (exact) mass is 374 g/mol. The molecule has 0 radical (unpaired) electrons. The summed E-state index contributed by atoms with van der Waals surface area (Å²) >= 11 is 0. The van der Waals surface area contributed by atoms with E-state index in [1.165, 1.54) is 4.90 Å². The number of benzene rings is 1. The van der Waals surface area contributed by atoms with Gasteiger partial charge in [0.05, 0.1) is 17.7 Å². The minimum Gasteiger partial charge on any atom is -0.395 e. The smallest absolute Gasteiger partial charge is 0.321 e. The van der Waals surface area contributed by atoms with E-state index in [1.54, 1.807) is 23.1 Å². The van der Waals surface area contributed by atoms with Crippen molar-refractivity contribution >= 4 is 23.5 Å². The van der Waals surface area contributed by atoms with Crippen molar-refractivity contribution in [1.29, 1.82) is 0 Å². The highest BCUT2D eigenvalue weighted by molar-refractivity contribution is 6.22. The van der Waals surface area contributed by atoms with Gasteiger partial charge in [-0.05, 0) is 39.0 Å². The Morgan fingerprint density at radius 1 is 1.07 bits per heavy atom. The Morgan fingerprint density at radius 3 is 2.30 bits per heavy atom. The van der Waals surface area contributed by atoms with Crippen LogP contribution in [0.25, 0.3) is 0 Å². The lowest BCUT2D eigenvalue weighted by molar-refractivity contribution is 0.0507. The molecule has 0 aliphatic carbocycles. The summed E-state index contributed by atoms with van der Waals surface area (Å²) in [6, 6.07) is 4.58. The maximum absolute atomic E-state index is 12.6. The molecule has 1 fully saturated rings. The first-order valence-electron chi connectivity index (χ1n) is 9.14. The molecule has 0 saturated carbocycles. The number of imide groups is 1. The Balaban J connectivity index is 1.69. The summed E-state index contributed by atoms with van der Waals surface area (Å²) in [6.07, 6.45) is 0. The number of carbonyl (C=O) groups is 3. The van der Waals surface area contributed by atoms with Gasteiger partial charge in [-0.3, -0.25) is 19.4 Å². The van der Waals surface area contributed by atoms with Crippen molar-refractivity contribution in [1.82, 2.24) is 14.7 Å². The molecule has 4 amide bonds.